The highest BCUT2D eigenvalue weighted by Crippen LogP contribution is 2.32. The van der Waals surface area contributed by atoms with Crippen molar-refractivity contribution in [3.8, 4) is 0 Å². The zero-order valence-electron chi connectivity index (χ0n) is 10.3. The maximum absolute atomic E-state index is 9.73. The van der Waals surface area contributed by atoms with Crippen molar-refractivity contribution in [2.45, 2.75) is 71.9 Å². The van der Waals surface area contributed by atoms with Crippen LogP contribution in [0.25, 0.3) is 0 Å². The van der Waals surface area contributed by atoms with Crippen LogP contribution in [0.4, 0.5) is 0 Å². The molecule has 2 heteroatoms. The molecule has 1 atom stereocenters. The average molecular weight is 201 g/mol. The Morgan fingerprint density at radius 1 is 1.00 bits per heavy atom. The molecule has 0 bridgehead atoms. The van der Waals surface area contributed by atoms with E-state index in [4.69, 9.17) is 5.73 Å². The predicted molar refractivity (Wildman–Crippen MR) is 62.0 cm³/mol. The van der Waals surface area contributed by atoms with Crippen LogP contribution in [-0.4, -0.2) is 10.8 Å². The molecule has 0 rings (SSSR count). The topological polar surface area (TPSA) is 46.2 Å². The quantitative estimate of drug-likeness (QED) is 0.491. The molecule has 0 amide bonds. The van der Waals surface area contributed by atoms with E-state index in [0.29, 0.717) is 0 Å². The number of nitrogens with two attached hydrogens (primary N) is 1. The zero-order valence-corrected chi connectivity index (χ0v) is 10.3. The highest BCUT2D eigenvalue weighted by Gasteiger charge is 2.34. The first-order valence-electron chi connectivity index (χ1n) is 5.82. The van der Waals surface area contributed by atoms with Gasteiger partial charge in [-0.3, -0.25) is 0 Å². The standard InChI is InChI=1S/C12H27NO/c1-5-6-7-8-9-10-11(2,3)12(4,13)14/h14H,5-10,13H2,1-4H3. The number of aliphatic hydroxyl groups is 1. The summed E-state index contributed by atoms with van der Waals surface area (Å²) in [4.78, 5) is 0. The Kier molecular flexibility index (Phi) is 5.68. The number of rotatable bonds is 7. The zero-order chi connectivity index (χ0) is 11.2. The minimum Gasteiger partial charge on any atom is -0.376 e. The molecule has 86 valence electrons. The van der Waals surface area contributed by atoms with Crippen LogP contribution < -0.4 is 5.73 Å². The molecule has 0 aromatic rings. The summed E-state index contributed by atoms with van der Waals surface area (Å²) in [7, 11) is 0. The molecular weight excluding hydrogens is 174 g/mol. The Bertz CT molecular complexity index is 147. The van der Waals surface area contributed by atoms with Crippen LogP contribution in [0.5, 0.6) is 0 Å². The van der Waals surface area contributed by atoms with Crippen molar-refractivity contribution in [3.63, 3.8) is 0 Å². The van der Waals surface area contributed by atoms with Crippen molar-refractivity contribution in [1.29, 1.82) is 0 Å². The summed E-state index contributed by atoms with van der Waals surface area (Å²) in [5.41, 5.74) is 4.47. The Balaban J connectivity index is 3.67. The second kappa shape index (κ2) is 5.72. The van der Waals surface area contributed by atoms with Crippen molar-refractivity contribution in [1.82, 2.24) is 0 Å². The van der Waals surface area contributed by atoms with Gasteiger partial charge in [-0.15, -0.1) is 0 Å². The van der Waals surface area contributed by atoms with Crippen molar-refractivity contribution in [3.05, 3.63) is 0 Å². The third-order valence-corrected chi connectivity index (χ3v) is 3.28. The molecule has 1 unspecified atom stereocenters. The lowest BCUT2D eigenvalue weighted by atomic mass is 9.78. The van der Waals surface area contributed by atoms with E-state index in [0.717, 1.165) is 6.42 Å². The van der Waals surface area contributed by atoms with E-state index in [1.165, 1.54) is 32.1 Å². The summed E-state index contributed by atoms with van der Waals surface area (Å²) < 4.78 is 0. The van der Waals surface area contributed by atoms with Crippen molar-refractivity contribution in [2.24, 2.45) is 11.1 Å². The molecule has 0 radical (unpaired) electrons. The molecule has 0 heterocycles. The molecule has 0 aliphatic heterocycles. The molecule has 0 aliphatic rings. The minimum absolute atomic E-state index is 0.181. The molecule has 0 fully saturated rings. The van der Waals surface area contributed by atoms with Gasteiger partial charge in [-0.25, -0.2) is 0 Å². The lowest BCUT2D eigenvalue weighted by molar-refractivity contribution is -0.0514. The first kappa shape index (κ1) is 13.9. The fourth-order valence-electron chi connectivity index (χ4n) is 1.42. The van der Waals surface area contributed by atoms with Gasteiger partial charge in [0, 0.05) is 5.41 Å². The lowest BCUT2D eigenvalue weighted by Gasteiger charge is -2.37. The van der Waals surface area contributed by atoms with E-state index in [1.54, 1.807) is 6.92 Å². The largest absolute Gasteiger partial charge is 0.376 e. The van der Waals surface area contributed by atoms with E-state index >= 15 is 0 Å². The summed E-state index contributed by atoms with van der Waals surface area (Å²) in [5, 5.41) is 9.73. The molecule has 2 nitrogen and oxygen atoms in total. The van der Waals surface area contributed by atoms with Crippen LogP contribution in [0.3, 0.4) is 0 Å². The number of unbranched alkanes of at least 4 members (excludes halogenated alkanes) is 4. The van der Waals surface area contributed by atoms with E-state index in [-0.39, 0.29) is 5.41 Å². The van der Waals surface area contributed by atoms with E-state index in [2.05, 4.69) is 6.92 Å². The fraction of sp³-hybridized carbons (Fsp3) is 1.00. The Labute approximate surface area is 88.9 Å². The van der Waals surface area contributed by atoms with Gasteiger partial charge in [0.25, 0.3) is 0 Å². The number of hydrogen-bond acceptors (Lipinski definition) is 2. The molecule has 0 aromatic carbocycles. The van der Waals surface area contributed by atoms with Crippen molar-refractivity contribution >= 4 is 0 Å². The van der Waals surface area contributed by atoms with Crippen molar-refractivity contribution in [2.75, 3.05) is 0 Å². The Morgan fingerprint density at radius 2 is 1.50 bits per heavy atom. The predicted octanol–water partition coefficient (Wildman–Crippen LogP) is 3.04. The van der Waals surface area contributed by atoms with Crippen molar-refractivity contribution < 1.29 is 5.11 Å². The first-order valence-corrected chi connectivity index (χ1v) is 5.82. The van der Waals surface area contributed by atoms with Gasteiger partial charge in [0.1, 0.15) is 5.72 Å². The van der Waals surface area contributed by atoms with E-state index in [9.17, 15) is 5.11 Å². The van der Waals surface area contributed by atoms with Gasteiger partial charge in [0.2, 0.25) is 0 Å². The van der Waals surface area contributed by atoms with Gasteiger partial charge in [0.15, 0.2) is 0 Å². The van der Waals surface area contributed by atoms with E-state index in [1.807, 2.05) is 13.8 Å². The second-order valence-corrected chi connectivity index (χ2v) is 5.20. The van der Waals surface area contributed by atoms with Crippen LogP contribution in [-0.2, 0) is 0 Å². The second-order valence-electron chi connectivity index (χ2n) is 5.20. The molecule has 0 spiro atoms. The van der Waals surface area contributed by atoms with E-state index < -0.39 is 5.72 Å². The molecule has 0 saturated heterocycles. The maximum atomic E-state index is 9.73. The van der Waals surface area contributed by atoms with Crippen LogP contribution in [0, 0.1) is 5.41 Å². The third kappa shape index (κ3) is 4.97. The molecular formula is C12H27NO. The van der Waals surface area contributed by atoms with Gasteiger partial charge >= 0.3 is 0 Å². The first-order chi connectivity index (χ1) is 6.31. The smallest absolute Gasteiger partial charge is 0.115 e. The summed E-state index contributed by atoms with van der Waals surface area (Å²) in [5.74, 6) is 0. The maximum Gasteiger partial charge on any atom is 0.115 e. The molecule has 0 aromatic heterocycles. The summed E-state index contributed by atoms with van der Waals surface area (Å²) in [6.45, 7) is 7.98. The van der Waals surface area contributed by atoms with Crippen LogP contribution in [0.1, 0.15) is 66.2 Å². The molecule has 14 heavy (non-hydrogen) atoms. The third-order valence-electron chi connectivity index (χ3n) is 3.28. The monoisotopic (exact) mass is 201 g/mol. The number of hydrogen-bond donors (Lipinski definition) is 2. The average Bonchev–Trinajstić information content (AvgIpc) is 2.02. The van der Waals surface area contributed by atoms with Crippen LogP contribution in [0.2, 0.25) is 0 Å². The minimum atomic E-state index is -1.06. The normalized spacial score (nSPS) is 16.7. The van der Waals surface area contributed by atoms with Gasteiger partial charge < -0.3 is 10.8 Å². The molecule has 3 N–H and O–H groups in total. The Morgan fingerprint density at radius 3 is 1.93 bits per heavy atom. The SMILES string of the molecule is CCCCCCCC(C)(C)C(C)(N)O. The summed E-state index contributed by atoms with van der Waals surface area (Å²) in [6.07, 6.45) is 7.32. The Hall–Kier alpha value is -0.0800. The van der Waals surface area contributed by atoms with Gasteiger partial charge in [0.05, 0.1) is 0 Å². The lowest BCUT2D eigenvalue weighted by Crippen LogP contribution is -2.49. The highest BCUT2D eigenvalue weighted by molar-refractivity contribution is 4.84. The van der Waals surface area contributed by atoms with Crippen LogP contribution >= 0.6 is 0 Å². The van der Waals surface area contributed by atoms with Gasteiger partial charge in [-0.05, 0) is 13.3 Å². The summed E-state index contributed by atoms with van der Waals surface area (Å²) >= 11 is 0. The van der Waals surface area contributed by atoms with Gasteiger partial charge in [-0.1, -0.05) is 52.9 Å². The summed E-state index contributed by atoms with van der Waals surface area (Å²) in [6, 6.07) is 0. The fourth-order valence-corrected chi connectivity index (χ4v) is 1.42. The highest BCUT2D eigenvalue weighted by atomic mass is 16.3. The molecule has 0 aliphatic carbocycles. The van der Waals surface area contributed by atoms with Crippen LogP contribution in [0.15, 0.2) is 0 Å². The molecule has 0 saturated carbocycles. The van der Waals surface area contributed by atoms with Gasteiger partial charge in [-0.2, -0.15) is 0 Å².